The zero-order chi connectivity index (χ0) is 24.8. The van der Waals surface area contributed by atoms with Crippen molar-refractivity contribution in [1.29, 1.82) is 0 Å². The van der Waals surface area contributed by atoms with Crippen LogP contribution in [0.25, 0.3) is 0 Å². The van der Waals surface area contributed by atoms with E-state index in [4.69, 9.17) is 4.74 Å². The van der Waals surface area contributed by atoms with Crippen LogP contribution in [0.5, 0.6) is 0 Å². The van der Waals surface area contributed by atoms with E-state index in [1.54, 1.807) is 24.3 Å². The number of carbonyl (C=O) groups excluding carboxylic acids is 2. The molecule has 188 valence electrons. The van der Waals surface area contributed by atoms with Crippen molar-refractivity contribution in [2.24, 2.45) is 10.4 Å². The maximum absolute atomic E-state index is 12.3. The minimum Gasteiger partial charge on any atom is -0.511 e. The molecule has 1 aromatic rings. The fourth-order valence-corrected chi connectivity index (χ4v) is 4.29. The van der Waals surface area contributed by atoms with E-state index >= 15 is 0 Å². The van der Waals surface area contributed by atoms with Gasteiger partial charge in [0.2, 0.25) is 0 Å². The molecular weight excluding hydrogens is 426 g/mol. The minimum atomic E-state index is -0.326. The van der Waals surface area contributed by atoms with Crippen LogP contribution in [0.2, 0.25) is 0 Å². The van der Waals surface area contributed by atoms with E-state index in [0.29, 0.717) is 30.7 Å². The molecule has 0 unspecified atom stereocenters. The van der Waals surface area contributed by atoms with E-state index in [9.17, 15) is 14.7 Å². The standard InChI is InChI=1S/C29H43NO4/c1-4-5-6-7-8-9-10-11-12-13-14-19-34-28(33)23-15-17-24(18-16-23)30-22-25-26(31)20-29(2,3)21-27(25)32/h15-18,22,31H,4-14,19-21H2,1-3H3. The summed E-state index contributed by atoms with van der Waals surface area (Å²) in [5, 5.41) is 10.2. The second-order valence-electron chi connectivity index (χ2n) is 10.3. The first-order chi connectivity index (χ1) is 16.3. The summed E-state index contributed by atoms with van der Waals surface area (Å²) < 4.78 is 5.39. The van der Waals surface area contributed by atoms with Crippen molar-refractivity contribution in [3.05, 3.63) is 41.2 Å². The normalized spacial score (nSPS) is 15.8. The molecule has 0 spiro atoms. The van der Waals surface area contributed by atoms with E-state index in [-0.39, 0.29) is 28.5 Å². The lowest BCUT2D eigenvalue weighted by molar-refractivity contribution is -0.117. The number of nitrogens with zero attached hydrogens (tertiary/aromatic N) is 1. The summed E-state index contributed by atoms with van der Waals surface area (Å²) in [6.45, 7) is 6.62. The van der Waals surface area contributed by atoms with Gasteiger partial charge >= 0.3 is 5.97 Å². The third-order valence-corrected chi connectivity index (χ3v) is 6.32. The Morgan fingerprint density at radius 1 is 0.941 bits per heavy atom. The number of Topliss-reactive ketones (excluding diaryl/α,β-unsaturated/α-hetero) is 1. The number of unbranched alkanes of at least 4 members (excludes halogenated alkanes) is 10. The molecular formula is C29H43NO4. The molecule has 5 heteroatoms. The van der Waals surface area contributed by atoms with Gasteiger partial charge in [0.15, 0.2) is 5.78 Å². The summed E-state index contributed by atoms with van der Waals surface area (Å²) in [6.07, 6.45) is 16.2. The van der Waals surface area contributed by atoms with Crippen molar-refractivity contribution in [3.63, 3.8) is 0 Å². The molecule has 0 bridgehead atoms. The molecule has 0 saturated carbocycles. The van der Waals surface area contributed by atoms with Crippen LogP contribution in [0.15, 0.2) is 40.6 Å². The van der Waals surface area contributed by atoms with Crippen LogP contribution in [-0.2, 0) is 9.53 Å². The predicted molar refractivity (Wildman–Crippen MR) is 139 cm³/mol. The molecule has 0 aliphatic heterocycles. The number of rotatable bonds is 15. The molecule has 5 nitrogen and oxygen atoms in total. The second kappa shape index (κ2) is 14.7. The fraction of sp³-hybridized carbons (Fsp3) is 0.621. The zero-order valence-corrected chi connectivity index (χ0v) is 21.4. The average Bonchev–Trinajstić information content (AvgIpc) is 2.78. The number of carbonyl (C=O) groups is 2. The van der Waals surface area contributed by atoms with Crippen molar-refractivity contribution in [3.8, 4) is 0 Å². The van der Waals surface area contributed by atoms with Crippen LogP contribution < -0.4 is 0 Å². The van der Waals surface area contributed by atoms with Crippen molar-refractivity contribution in [2.75, 3.05) is 6.61 Å². The molecule has 0 atom stereocenters. The first-order valence-electron chi connectivity index (χ1n) is 13.1. The molecule has 0 radical (unpaired) electrons. The molecule has 1 aliphatic carbocycles. The zero-order valence-electron chi connectivity index (χ0n) is 21.4. The molecule has 1 N–H and O–H groups in total. The quantitative estimate of drug-likeness (QED) is 0.160. The Morgan fingerprint density at radius 3 is 2.06 bits per heavy atom. The topological polar surface area (TPSA) is 76.0 Å². The fourth-order valence-electron chi connectivity index (χ4n) is 4.29. The maximum atomic E-state index is 12.3. The summed E-state index contributed by atoms with van der Waals surface area (Å²) in [6, 6.07) is 6.78. The van der Waals surface area contributed by atoms with Crippen molar-refractivity contribution in [2.45, 2.75) is 104 Å². The molecule has 0 fully saturated rings. The molecule has 0 amide bonds. The van der Waals surface area contributed by atoms with Gasteiger partial charge in [0.05, 0.1) is 23.4 Å². The van der Waals surface area contributed by atoms with Crippen LogP contribution in [0.1, 0.15) is 115 Å². The smallest absolute Gasteiger partial charge is 0.338 e. The van der Waals surface area contributed by atoms with Crippen LogP contribution in [0, 0.1) is 5.41 Å². The highest BCUT2D eigenvalue weighted by atomic mass is 16.5. The highest BCUT2D eigenvalue weighted by Crippen LogP contribution is 2.35. The van der Waals surface area contributed by atoms with Gasteiger partial charge < -0.3 is 9.84 Å². The van der Waals surface area contributed by atoms with E-state index < -0.39 is 0 Å². The Balaban J connectivity index is 1.64. The second-order valence-corrected chi connectivity index (χ2v) is 10.3. The lowest BCUT2D eigenvalue weighted by Gasteiger charge is -2.28. The van der Waals surface area contributed by atoms with Crippen molar-refractivity contribution >= 4 is 23.7 Å². The summed E-state index contributed by atoms with van der Waals surface area (Å²) in [5.41, 5.74) is 1.14. The number of benzene rings is 1. The molecule has 0 heterocycles. The SMILES string of the molecule is CCCCCCCCCCCCCOC(=O)c1ccc(N=CC2=C(O)CC(C)(C)CC2=O)cc1. The van der Waals surface area contributed by atoms with Crippen LogP contribution in [0.3, 0.4) is 0 Å². The molecule has 1 aromatic carbocycles. The van der Waals surface area contributed by atoms with Crippen LogP contribution >= 0.6 is 0 Å². The first kappa shape index (κ1) is 27.8. The summed E-state index contributed by atoms with van der Waals surface area (Å²) in [7, 11) is 0. The number of aliphatic hydroxyl groups is 1. The Hall–Kier alpha value is -2.43. The first-order valence-corrected chi connectivity index (χ1v) is 13.1. The van der Waals surface area contributed by atoms with E-state index in [2.05, 4.69) is 11.9 Å². The Morgan fingerprint density at radius 2 is 1.50 bits per heavy atom. The molecule has 0 aromatic heterocycles. The molecule has 1 aliphatic rings. The van der Waals surface area contributed by atoms with Gasteiger partial charge in [0.25, 0.3) is 0 Å². The number of hydrogen-bond acceptors (Lipinski definition) is 5. The van der Waals surface area contributed by atoms with Gasteiger partial charge in [0, 0.05) is 19.1 Å². The monoisotopic (exact) mass is 469 g/mol. The van der Waals surface area contributed by atoms with Crippen LogP contribution in [-0.4, -0.2) is 29.7 Å². The van der Waals surface area contributed by atoms with E-state index in [0.717, 1.165) is 12.8 Å². The Labute approximate surface area is 205 Å². The van der Waals surface area contributed by atoms with E-state index in [1.165, 1.54) is 64.0 Å². The highest BCUT2D eigenvalue weighted by molar-refractivity contribution is 6.14. The van der Waals surface area contributed by atoms with Crippen molar-refractivity contribution in [1.82, 2.24) is 0 Å². The summed E-state index contributed by atoms with van der Waals surface area (Å²) in [5.74, 6) is -0.333. The van der Waals surface area contributed by atoms with Gasteiger partial charge in [-0.15, -0.1) is 0 Å². The molecule has 2 rings (SSSR count). The number of allylic oxidation sites excluding steroid dienone is 2. The average molecular weight is 470 g/mol. The minimum absolute atomic E-state index is 0.0904. The Kier molecular flexibility index (Phi) is 12.1. The largest absolute Gasteiger partial charge is 0.511 e. The molecule has 34 heavy (non-hydrogen) atoms. The number of ketones is 1. The summed E-state index contributed by atoms with van der Waals surface area (Å²) >= 11 is 0. The number of aliphatic imine (C=N–C) groups is 1. The predicted octanol–water partition coefficient (Wildman–Crippen LogP) is 8.06. The summed E-state index contributed by atoms with van der Waals surface area (Å²) in [4.78, 5) is 28.8. The third kappa shape index (κ3) is 10.2. The van der Waals surface area contributed by atoms with Gasteiger partial charge in [-0.05, 0) is 36.1 Å². The van der Waals surface area contributed by atoms with Crippen molar-refractivity contribution < 1.29 is 19.4 Å². The highest BCUT2D eigenvalue weighted by Gasteiger charge is 2.32. The lowest BCUT2D eigenvalue weighted by Crippen LogP contribution is -2.26. The van der Waals surface area contributed by atoms with Gasteiger partial charge in [-0.25, -0.2) is 4.79 Å². The molecule has 0 saturated heterocycles. The maximum Gasteiger partial charge on any atom is 0.338 e. The van der Waals surface area contributed by atoms with Gasteiger partial charge in [-0.2, -0.15) is 0 Å². The third-order valence-electron chi connectivity index (χ3n) is 6.32. The number of ether oxygens (including phenoxy) is 1. The van der Waals surface area contributed by atoms with E-state index in [1.807, 2.05) is 13.8 Å². The lowest BCUT2D eigenvalue weighted by atomic mass is 9.77. The number of aliphatic hydroxyl groups excluding tert-OH is 1. The van der Waals surface area contributed by atoms with Gasteiger partial charge in [0.1, 0.15) is 5.76 Å². The van der Waals surface area contributed by atoms with Gasteiger partial charge in [-0.3, -0.25) is 9.79 Å². The Bertz CT molecular complexity index is 836. The number of hydrogen-bond donors (Lipinski definition) is 1. The van der Waals surface area contributed by atoms with Crippen LogP contribution in [0.4, 0.5) is 5.69 Å². The number of esters is 1. The van der Waals surface area contributed by atoms with Gasteiger partial charge in [-0.1, -0.05) is 85.0 Å².